The van der Waals surface area contributed by atoms with Crippen molar-refractivity contribution < 1.29 is 19.3 Å². The van der Waals surface area contributed by atoms with Crippen LogP contribution in [0, 0.1) is 11.3 Å². The molecule has 1 aliphatic rings. The molecule has 4 aromatic rings. The fourth-order valence-electron chi connectivity index (χ4n) is 4.33. The lowest BCUT2D eigenvalue weighted by Gasteiger charge is -2.26. The van der Waals surface area contributed by atoms with Crippen LogP contribution < -0.4 is 15.2 Å². The summed E-state index contributed by atoms with van der Waals surface area (Å²) in [5.74, 6) is 0.820. The molecule has 0 aliphatic carbocycles. The van der Waals surface area contributed by atoms with Crippen LogP contribution in [0.15, 0.2) is 49.2 Å². The van der Waals surface area contributed by atoms with Crippen molar-refractivity contribution in [3.05, 3.63) is 65.3 Å². The van der Waals surface area contributed by atoms with E-state index in [2.05, 4.69) is 20.9 Å². The second-order valence-corrected chi connectivity index (χ2v) is 9.22. The van der Waals surface area contributed by atoms with Crippen molar-refractivity contribution in [2.24, 2.45) is 0 Å². The zero-order chi connectivity index (χ0) is 26.5. The van der Waals surface area contributed by atoms with Crippen LogP contribution in [0.4, 0.5) is 5.69 Å². The Morgan fingerprint density at radius 3 is 2.82 bits per heavy atom. The minimum absolute atomic E-state index is 0.00809. The number of ether oxygens (including phenoxy) is 3. The number of phenols is 1. The summed E-state index contributed by atoms with van der Waals surface area (Å²) in [6, 6.07) is 9.35. The number of halogens is 1. The molecular formula is C27H27ClN6O4. The second kappa shape index (κ2) is 11.6. The summed E-state index contributed by atoms with van der Waals surface area (Å²) in [5.41, 5.74) is 8.16. The zero-order valence-corrected chi connectivity index (χ0v) is 21.4. The van der Waals surface area contributed by atoms with Crippen molar-refractivity contribution >= 4 is 28.2 Å². The second-order valence-electron chi connectivity index (χ2n) is 8.84. The summed E-state index contributed by atoms with van der Waals surface area (Å²) in [6.45, 7) is 5.01. The number of hydrogen-bond acceptors (Lipinski definition) is 9. The van der Waals surface area contributed by atoms with Gasteiger partial charge in [0.05, 0.1) is 43.0 Å². The molecule has 0 unspecified atom stereocenters. The van der Waals surface area contributed by atoms with Gasteiger partial charge in [0.25, 0.3) is 0 Å². The van der Waals surface area contributed by atoms with Gasteiger partial charge in [0.15, 0.2) is 5.75 Å². The summed E-state index contributed by atoms with van der Waals surface area (Å²) in [6.07, 6.45) is 7.25. The number of benzene rings is 2. The number of nitrogen functional groups attached to an aromatic ring is 1. The number of nitriles is 1. The number of pyridine rings is 1. The average molecular weight is 535 g/mol. The minimum Gasteiger partial charge on any atom is -0.504 e. The van der Waals surface area contributed by atoms with E-state index >= 15 is 0 Å². The van der Waals surface area contributed by atoms with E-state index in [0.29, 0.717) is 40.3 Å². The molecule has 10 nitrogen and oxygen atoms in total. The first kappa shape index (κ1) is 25.6. The lowest BCUT2D eigenvalue weighted by Crippen LogP contribution is -2.37. The number of nitrogens with two attached hydrogens (primary N) is 1. The molecule has 2 aromatic heterocycles. The van der Waals surface area contributed by atoms with Gasteiger partial charge in [-0.15, -0.1) is 0 Å². The molecule has 1 aliphatic heterocycles. The van der Waals surface area contributed by atoms with E-state index in [9.17, 15) is 10.4 Å². The van der Waals surface area contributed by atoms with Crippen LogP contribution in [0.1, 0.15) is 17.5 Å². The summed E-state index contributed by atoms with van der Waals surface area (Å²) in [5, 5.41) is 21.0. The van der Waals surface area contributed by atoms with E-state index in [-0.39, 0.29) is 28.6 Å². The van der Waals surface area contributed by atoms with Gasteiger partial charge in [-0.25, -0.2) is 4.98 Å². The van der Waals surface area contributed by atoms with Crippen molar-refractivity contribution in [2.45, 2.75) is 13.0 Å². The van der Waals surface area contributed by atoms with Crippen LogP contribution in [0.5, 0.6) is 17.2 Å². The molecule has 11 heteroatoms. The van der Waals surface area contributed by atoms with Crippen molar-refractivity contribution in [3.8, 4) is 29.0 Å². The van der Waals surface area contributed by atoms with Crippen molar-refractivity contribution in [2.75, 3.05) is 45.2 Å². The summed E-state index contributed by atoms with van der Waals surface area (Å²) >= 11 is 6.31. The first-order chi connectivity index (χ1) is 18.5. The van der Waals surface area contributed by atoms with E-state index in [1.807, 2.05) is 18.2 Å². The van der Waals surface area contributed by atoms with Crippen molar-refractivity contribution in [1.29, 1.82) is 5.26 Å². The molecule has 5 rings (SSSR count). The Hall–Kier alpha value is -4.04. The topological polar surface area (TPSA) is 132 Å². The third-order valence-electron chi connectivity index (χ3n) is 6.40. The molecule has 0 spiro atoms. The molecule has 0 atom stereocenters. The van der Waals surface area contributed by atoms with Gasteiger partial charge in [-0.1, -0.05) is 11.6 Å². The molecule has 1 fully saturated rings. The molecule has 0 amide bonds. The van der Waals surface area contributed by atoms with Crippen molar-refractivity contribution in [1.82, 2.24) is 19.4 Å². The maximum atomic E-state index is 10.5. The molecule has 0 bridgehead atoms. The van der Waals surface area contributed by atoms with Gasteiger partial charge < -0.3 is 29.6 Å². The highest BCUT2D eigenvalue weighted by Gasteiger charge is 2.18. The normalized spacial score (nSPS) is 13.9. The fourth-order valence-corrected chi connectivity index (χ4v) is 4.59. The number of aromatic nitrogens is 3. The van der Waals surface area contributed by atoms with Crippen LogP contribution in [0.25, 0.3) is 16.6 Å². The van der Waals surface area contributed by atoms with E-state index in [0.717, 1.165) is 39.3 Å². The van der Waals surface area contributed by atoms with Crippen LogP contribution in [0.3, 0.4) is 0 Å². The summed E-state index contributed by atoms with van der Waals surface area (Å²) in [4.78, 5) is 10.8. The largest absolute Gasteiger partial charge is 0.504 e. The molecule has 0 saturated carbocycles. The van der Waals surface area contributed by atoms with Gasteiger partial charge >= 0.3 is 0 Å². The maximum Gasteiger partial charge on any atom is 0.159 e. The SMILES string of the molecule is N#Cc1cnc2cc(OCCCN3CCOCC3)ccc2c1OCc1cc(-n2ccnc2)c(Cl)c(O)c1N. The molecular weight excluding hydrogens is 508 g/mol. The number of morpholine rings is 1. The smallest absolute Gasteiger partial charge is 0.159 e. The van der Waals surface area contributed by atoms with Gasteiger partial charge in [-0.05, 0) is 24.6 Å². The molecule has 2 aromatic carbocycles. The number of imidazole rings is 1. The first-order valence-electron chi connectivity index (χ1n) is 12.2. The fraction of sp³-hybridized carbons (Fsp3) is 0.296. The highest BCUT2D eigenvalue weighted by atomic mass is 35.5. The van der Waals surface area contributed by atoms with E-state index in [1.165, 1.54) is 6.20 Å². The Morgan fingerprint density at radius 1 is 1.21 bits per heavy atom. The standard InChI is InChI=1S/C27H27ClN6O4/c28-24-23(34-6-4-31-17-34)12-18(25(30)26(24)35)16-38-27-19(14-29)15-32-22-13-20(2-3-21(22)27)37-9-1-5-33-7-10-36-11-8-33/h2-4,6,12-13,15,17,35H,1,5,7-11,16,30H2. The Balaban J connectivity index is 1.33. The van der Waals surface area contributed by atoms with Gasteiger partial charge in [0, 0.05) is 55.2 Å². The van der Waals surface area contributed by atoms with E-state index in [1.54, 1.807) is 29.4 Å². The number of fused-ring (bicyclic) bond motifs is 1. The number of aromatic hydroxyl groups is 1. The predicted octanol–water partition coefficient (Wildman–Crippen LogP) is 3.91. The minimum atomic E-state index is -0.244. The number of anilines is 1. The van der Waals surface area contributed by atoms with Crippen molar-refractivity contribution in [3.63, 3.8) is 0 Å². The van der Waals surface area contributed by atoms with Crippen LogP contribution in [-0.4, -0.2) is 64.0 Å². The number of hydrogen-bond donors (Lipinski definition) is 2. The van der Waals surface area contributed by atoms with Gasteiger partial charge in [0.1, 0.15) is 34.8 Å². The Bertz CT molecular complexity index is 1470. The lowest BCUT2D eigenvalue weighted by atomic mass is 10.1. The Morgan fingerprint density at radius 2 is 2.05 bits per heavy atom. The maximum absolute atomic E-state index is 10.5. The van der Waals surface area contributed by atoms with E-state index in [4.69, 9.17) is 31.5 Å². The first-order valence-corrected chi connectivity index (χ1v) is 12.6. The molecule has 3 heterocycles. The third kappa shape index (κ3) is 5.45. The van der Waals surface area contributed by atoms with Gasteiger partial charge in [0.2, 0.25) is 0 Å². The highest BCUT2D eigenvalue weighted by Crippen LogP contribution is 2.39. The summed E-state index contributed by atoms with van der Waals surface area (Å²) < 4.78 is 19.1. The highest BCUT2D eigenvalue weighted by molar-refractivity contribution is 6.34. The van der Waals surface area contributed by atoms with E-state index < -0.39 is 0 Å². The quantitative estimate of drug-likeness (QED) is 0.186. The Labute approximate surface area is 224 Å². The van der Waals surface area contributed by atoms with Crippen LogP contribution in [0.2, 0.25) is 5.02 Å². The molecule has 38 heavy (non-hydrogen) atoms. The monoisotopic (exact) mass is 534 g/mol. The van der Waals surface area contributed by atoms with Crippen LogP contribution in [-0.2, 0) is 11.3 Å². The van der Waals surface area contributed by atoms with Crippen LogP contribution >= 0.6 is 11.6 Å². The number of nitrogens with zero attached hydrogens (tertiary/aromatic N) is 5. The Kier molecular flexibility index (Phi) is 7.79. The predicted molar refractivity (Wildman–Crippen MR) is 143 cm³/mol. The van der Waals surface area contributed by atoms with Gasteiger partial charge in [-0.3, -0.25) is 9.88 Å². The molecule has 1 saturated heterocycles. The zero-order valence-electron chi connectivity index (χ0n) is 20.6. The molecule has 3 N–H and O–H groups in total. The third-order valence-corrected chi connectivity index (χ3v) is 6.77. The number of phenolic OH excluding ortho intramolecular Hbond substituents is 1. The molecule has 0 radical (unpaired) electrons. The van der Waals surface area contributed by atoms with Gasteiger partial charge in [-0.2, -0.15) is 5.26 Å². The number of rotatable bonds is 9. The summed E-state index contributed by atoms with van der Waals surface area (Å²) in [7, 11) is 0. The average Bonchev–Trinajstić information content (AvgIpc) is 3.49. The molecule has 196 valence electrons. The lowest BCUT2D eigenvalue weighted by molar-refractivity contribution is 0.0358.